The smallest absolute Gasteiger partial charge is 0.416 e. The third-order valence-electron chi connectivity index (χ3n) is 4.67. The minimum absolute atomic E-state index is 0.148. The van der Waals surface area contributed by atoms with Crippen molar-refractivity contribution in [3.8, 4) is 0 Å². The molecule has 0 spiro atoms. The molecule has 0 radical (unpaired) electrons. The number of halogens is 2. The number of hydrogen-bond acceptors (Lipinski definition) is 6. The minimum atomic E-state index is -0.926. The summed E-state index contributed by atoms with van der Waals surface area (Å²) in [6, 6.07) is 4.60. The van der Waals surface area contributed by atoms with E-state index in [1.807, 2.05) is 27.7 Å². The molecule has 1 saturated heterocycles. The van der Waals surface area contributed by atoms with Gasteiger partial charge in [-0.15, -0.1) is 0 Å². The van der Waals surface area contributed by atoms with Crippen LogP contribution < -0.4 is 10.2 Å². The van der Waals surface area contributed by atoms with Gasteiger partial charge in [0.2, 0.25) is 5.95 Å². The van der Waals surface area contributed by atoms with Crippen LogP contribution in [0.5, 0.6) is 0 Å². The number of hydrogen-bond donors (Lipinski definition) is 1. The van der Waals surface area contributed by atoms with Gasteiger partial charge in [0.05, 0.1) is 17.7 Å². The molecule has 1 aliphatic rings. The van der Waals surface area contributed by atoms with Crippen molar-refractivity contribution in [1.29, 1.82) is 0 Å². The van der Waals surface area contributed by atoms with Crippen molar-refractivity contribution in [3.63, 3.8) is 0 Å². The molecule has 2 aromatic rings. The maximum Gasteiger partial charge on any atom is 0.416 e. The third kappa shape index (κ3) is 4.84. The van der Waals surface area contributed by atoms with E-state index in [4.69, 9.17) is 9.47 Å². The maximum atomic E-state index is 14.1. The Morgan fingerprint density at radius 3 is 2.70 bits per heavy atom. The molecule has 3 atom stereocenters. The van der Waals surface area contributed by atoms with Crippen LogP contribution in [-0.2, 0) is 9.47 Å². The van der Waals surface area contributed by atoms with Gasteiger partial charge in [0, 0.05) is 11.8 Å². The number of cyclic esters (lactones) is 1. The number of benzene rings is 1. The highest BCUT2D eigenvalue weighted by Crippen LogP contribution is 2.28. The summed E-state index contributed by atoms with van der Waals surface area (Å²) in [4.78, 5) is 22.3. The summed E-state index contributed by atoms with van der Waals surface area (Å²) in [6.07, 6.45) is 0.651. The highest BCUT2D eigenvalue weighted by molar-refractivity contribution is 5.89. The Balaban J connectivity index is 1.81. The number of aromatic nitrogens is 2. The molecular formula is C21H26F2N4O3. The van der Waals surface area contributed by atoms with Crippen LogP contribution in [0, 0.1) is 11.6 Å². The summed E-state index contributed by atoms with van der Waals surface area (Å²) in [7, 11) is 0. The van der Waals surface area contributed by atoms with E-state index in [0.717, 1.165) is 6.07 Å². The van der Waals surface area contributed by atoms with Crippen molar-refractivity contribution in [2.45, 2.75) is 58.4 Å². The second kappa shape index (κ2) is 8.51. The van der Waals surface area contributed by atoms with Gasteiger partial charge in [0.1, 0.15) is 18.5 Å². The molecule has 1 fully saturated rings. The van der Waals surface area contributed by atoms with Crippen LogP contribution in [0.25, 0.3) is 0 Å². The predicted octanol–water partition coefficient (Wildman–Crippen LogP) is 4.46. The molecule has 1 aromatic carbocycles. The van der Waals surface area contributed by atoms with Gasteiger partial charge in [0.25, 0.3) is 0 Å². The Labute approximate surface area is 174 Å². The van der Waals surface area contributed by atoms with E-state index >= 15 is 0 Å². The lowest BCUT2D eigenvalue weighted by Gasteiger charge is -2.31. The normalized spacial score (nSPS) is 18.8. The molecule has 0 unspecified atom stereocenters. The minimum Gasteiger partial charge on any atom is -0.447 e. The SMILES string of the molecule is C[C@H](Nc1nccc(N2C(=O)OC[C@@H]2[C@@H](C)OC(C)(C)C)n1)c1cccc(F)c1F. The van der Waals surface area contributed by atoms with E-state index in [0.29, 0.717) is 5.82 Å². The van der Waals surface area contributed by atoms with Crippen molar-refractivity contribution >= 4 is 17.9 Å². The van der Waals surface area contributed by atoms with Crippen molar-refractivity contribution in [2.24, 2.45) is 0 Å². The standard InChI is InChI=1S/C21H26F2N4O3/c1-12(14-7-6-8-15(22)18(14)23)25-19-24-10-9-17(26-19)27-16(11-29-20(27)28)13(2)30-21(3,4)5/h6-10,12-13,16H,11H2,1-5H3,(H,24,25,26)/t12-,13+,16+/m0/s1. The zero-order valence-electron chi connectivity index (χ0n) is 17.6. The number of carbonyl (C=O) groups excluding carboxylic acids is 1. The second-order valence-corrected chi connectivity index (χ2v) is 8.20. The fourth-order valence-electron chi connectivity index (χ4n) is 3.36. The van der Waals surface area contributed by atoms with Crippen LogP contribution in [0.4, 0.5) is 25.3 Å². The molecule has 7 nitrogen and oxygen atoms in total. The number of amides is 1. The van der Waals surface area contributed by atoms with Gasteiger partial charge in [0.15, 0.2) is 11.6 Å². The summed E-state index contributed by atoms with van der Waals surface area (Å²) in [6.45, 7) is 9.52. The van der Waals surface area contributed by atoms with Gasteiger partial charge in [-0.05, 0) is 46.8 Å². The molecule has 1 aromatic heterocycles. The summed E-state index contributed by atoms with van der Waals surface area (Å²) >= 11 is 0. The van der Waals surface area contributed by atoms with Crippen LogP contribution in [0.1, 0.15) is 46.2 Å². The topological polar surface area (TPSA) is 76.6 Å². The lowest BCUT2D eigenvalue weighted by molar-refractivity contribution is -0.0618. The van der Waals surface area contributed by atoms with Crippen LogP contribution in [0.15, 0.2) is 30.5 Å². The molecule has 0 bridgehead atoms. The van der Waals surface area contributed by atoms with Crippen LogP contribution in [0.2, 0.25) is 0 Å². The Morgan fingerprint density at radius 2 is 2.00 bits per heavy atom. The van der Waals surface area contributed by atoms with Gasteiger partial charge >= 0.3 is 6.09 Å². The molecule has 2 heterocycles. The van der Waals surface area contributed by atoms with Gasteiger partial charge in [-0.25, -0.2) is 18.6 Å². The summed E-state index contributed by atoms with van der Waals surface area (Å²) < 4.78 is 38.8. The van der Waals surface area contributed by atoms with E-state index < -0.39 is 23.8 Å². The molecule has 1 amide bonds. The first-order valence-electron chi connectivity index (χ1n) is 9.74. The molecule has 1 aliphatic heterocycles. The van der Waals surface area contributed by atoms with Crippen LogP contribution in [0.3, 0.4) is 0 Å². The van der Waals surface area contributed by atoms with Crippen molar-refractivity contribution in [3.05, 3.63) is 47.7 Å². The molecular weight excluding hydrogens is 394 g/mol. The summed E-state index contributed by atoms with van der Waals surface area (Å²) in [5.74, 6) is -1.35. The number of nitrogens with one attached hydrogen (secondary N) is 1. The average molecular weight is 420 g/mol. The first-order valence-corrected chi connectivity index (χ1v) is 9.74. The molecule has 162 valence electrons. The summed E-state index contributed by atoms with van der Waals surface area (Å²) in [5.41, 5.74) is -0.241. The lowest BCUT2D eigenvalue weighted by Crippen LogP contribution is -2.45. The number of carbonyl (C=O) groups is 1. The Morgan fingerprint density at radius 1 is 1.27 bits per heavy atom. The van der Waals surface area contributed by atoms with E-state index in [-0.39, 0.29) is 35.9 Å². The largest absolute Gasteiger partial charge is 0.447 e. The first kappa shape index (κ1) is 21.9. The van der Waals surface area contributed by atoms with E-state index in [9.17, 15) is 13.6 Å². The first-order chi connectivity index (χ1) is 14.1. The predicted molar refractivity (Wildman–Crippen MR) is 108 cm³/mol. The summed E-state index contributed by atoms with van der Waals surface area (Å²) in [5, 5.41) is 2.95. The van der Waals surface area contributed by atoms with Gasteiger partial charge in [-0.1, -0.05) is 12.1 Å². The molecule has 30 heavy (non-hydrogen) atoms. The Bertz CT molecular complexity index is 919. The monoisotopic (exact) mass is 420 g/mol. The van der Waals surface area contributed by atoms with Gasteiger partial charge in [-0.3, -0.25) is 4.90 Å². The fourth-order valence-corrected chi connectivity index (χ4v) is 3.36. The maximum absolute atomic E-state index is 14.1. The van der Waals surface area contributed by atoms with Crippen molar-refractivity contribution in [1.82, 2.24) is 9.97 Å². The Kier molecular flexibility index (Phi) is 6.21. The molecule has 9 heteroatoms. The highest BCUT2D eigenvalue weighted by Gasteiger charge is 2.40. The van der Waals surface area contributed by atoms with Crippen molar-refractivity contribution < 1.29 is 23.0 Å². The third-order valence-corrected chi connectivity index (χ3v) is 4.67. The second-order valence-electron chi connectivity index (χ2n) is 8.20. The number of ether oxygens (including phenoxy) is 2. The van der Waals surface area contributed by atoms with E-state index in [2.05, 4.69) is 15.3 Å². The zero-order chi connectivity index (χ0) is 22.1. The fraction of sp³-hybridized carbons (Fsp3) is 0.476. The van der Waals surface area contributed by atoms with Crippen molar-refractivity contribution in [2.75, 3.05) is 16.8 Å². The average Bonchev–Trinajstić information content (AvgIpc) is 3.04. The molecule has 3 rings (SSSR count). The zero-order valence-corrected chi connectivity index (χ0v) is 17.6. The van der Waals surface area contributed by atoms with Crippen LogP contribution >= 0.6 is 0 Å². The quantitative estimate of drug-likeness (QED) is 0.744. The lowest BCUT2D eigenvalue weighted by atomic mass is 10.1. The number of anilines is 2. The molecule has 1 N–H and O–H groups in total. The molecule has 0 aliphatic carbocycles. The number of nitrogens with zero attached hydrogens (tertiary/aromatic N) is 3. The molecule has 0 saturated carbocycles. The van der Waals surface area contributed by atoms with Crippen LogP contribution in [-0.4, -0.2) is 40.4 Å². The van der Waals surface area contributed by atoms with Gasteiger partial charge in [-0.2, -0.15) is 4.98 Å². The number of rotatable bonds is 6. The van der Waals surface area contributed by atoms with E-state index in [1.165, 1.54) is 23.2 Å². The highest BCUT2D eigenvalue weighted by atomic mass is 19.2. The van der Waals surface area contributed by atoms with Gasteiger partial charge < -0.3 is 14.8 Å². The Hall–Kier alpha value is -2.81. The van der Waals surface area contributed by atoms with E-state index in [1.54, 1.807) is 13.0 Å².